The molecule has 0 spiro atoms. The number of benzene rings is 1. The fraction of sp³-hybridized carbons (Fsp3) is 0.571. The molecule has 2 aliphatic rings. The molecule has 0 amide bonds. The van der Waals surface area contributed by atoms with Crippen molar-refractivity contribution in [3.8, 4) is 5.75 Å². The van der Waals surface area contributed by atoms with Gasteiger partial charge < -0.3 is 10.1 Å². The first kappa shape index (κ1) is 15.1. The van der Waals surface area contributed by atoms with E-state index in [9.17, 15) is 8.42 Å². The number of hydrogen-bond donors (Lipinski definition) is 2. The number of nitrogens with one attached hydrogen (secondary N) is 2. The standard InChI is InChI=1S/C14H19ClN2O3S/c1-20-14-9(8-16-11-2-3-11)6-10(15)7-13(14)21(18,19)17-12-4-5-12/h6-7,11-12,16-17H,2-5,8H2,1H3. The molecule has 0 saturated heterocycles. The zero-order valence-corrected chi connectivity index (χ0v) is 13.4. The van der Waals surface area contributed by atoms with Crippen LogP contribution in [-0.4, -0.2) is 27.6 Å². The largest absolute Gasteiger partial charge is 0.495 e. The van der Waals surface area contributed by atoms with Gasteiger partial charge in [0.15, 0.2) is 0 Å². The van der Waals surface area contributed by atoms with Gasteiger partial charge in [0.05, 0.1) is 7.11 Å². The molecule has 2 N–H and O–H groups in total. The Balaban J connectivity index is 1.93. The third-order valence-electron chi connectivity index (χ3n) is 3.65. The molecular formula is C14H19ClN2O3S. The molecule has 2 aliphatic carbocycles. The van der Waals surface area contributed by atoms with Crippen molar-refractivity contribution in [3.05, 3.63) is 22.7 Å². The molecule has 1 aromatic rings. The van der Waals surface area contributed by atoms with E-state index < -0.39 is 10.0 Å². The fourth-order valence-corrected chi connectivity index (χ4v) is 4.06. The maximum Gasteiger partial charge on any atom is 0.244 e. The van der Waals surface area contributed by atoms with Crippen LogP contribution in [0, 0.1) is 0 Å². The Bertz CT molecular complexity index is 640. The predicted octanol–water partition coefficient (Wildman–Crippen LogP) is 2.04. The lowest BCUT2D eigenvalue weighted by atomic mass is 10.2. The van der Waals surface area contributed by atoms with Crippen molar-refractivity contribution >= 4 is 21.6 Å². The number of sulfonamides is 1. The van der Waals surface area contributed by atoms with E-state index >= 15 is 0 Å². The van der Waals surface area contributed by atoms with Crippen molar-refractivity contribution < 1.29 is 13.2 Å². The van der Waals surface area contributed by atoms with E-state index in [1.54, 1.807) is 6.07 Å². The lowest BCUT2D eigenvalue weighted by Crippen LogP contribution is -2.26. The maximum absolute atomic E-state index is 12.4. The lowest BCUT2D eigenvalue weighted by Gasteiger charge is -2.15. The number of methoxy groups -OCH3 is 1. The summed E-state index contributed by atoms with van der Waals surface area (Å²) in [6.07, 6.45) is 4.10. The smallest absolute Gasteiger partial charge is 0.244 e. The lowest BCUT2D eigenvalue weighted by molar-refractivity contribution is 0.395. The Kier molecular flexibility index (Phi) is 4.14. The van der Waals surface area contributed by atoms with Crippen LogP contribution in [0.15, 0.2) is 17.0 Å². The SMILES string of the molecule is COc1c(CNC2CC2)cc(Cl)cc1S(=O)(=O)NC1CC1. The minimum Gasteiger partial charge on any atom is -0.495 e. The highest BCUT2D eigenvalue weighted by atomic mass is 35.5. The zero-order valence-electron chi connectivity index (χ0n) is 11.9. The predicted molar refractivity (Wildman–Crippen MR) is 81.2 cm³/mol. The van der Waals surface area contributed by atoms with Gasteiger partial charge in [-0.3, -0.25) is 0 Å². The van der Waals surface area contributed by atoms with Gasteiger partial charge in [0, 0.05) is 29.2 Å². The Morgan fingerprint density at radius 2 is 1.90 bits per heavy atom. The summed E-state index contributed by atoms with van der Waals surface area (Å²) in [6.45, 7) is 0.556. The molecule has 116 valence electrons. The summed E-state index contributed by atoms with van der Waals surface area (Å²) < 4.78 is 32.9. The van der Waals surface area contributed by atoms with E-state index in [1.807, 2.05) is 0 Å². The fourth-order valence-electron chi connectivity index (χ4n) is 2.21. The van der Waals surface area contributed by atoms with Gasteiger partial charge in [0.1, 0.15) is 10.6 Å². The highest BCUT2D eigenvalue weighted by molar-refractivity contribution is 7.89. The number of ether oxygens (including phenoxy) is 1. The van der Waals surface area contributed by atoms with E-state index in [4.69, 9.17) is 16.3 Å². The van der Waals surface area contributed by atoms with Crippen LogP contribution >= 0.6 is 11.6 Å². The number of halogens is 1. The normalized spacial score (nSPS) is 18.8. The average Bonchev–Trinajstić information content (AvgIpc) is 3.30. The van der Waals surface area contributed by atoms with Crippen LogP contribution in [0.1, 0.15) is 31.2 Å². The molecule has 1 aromatic carbocycles. The molecule has 0 radical (unpaired) electrons. The van der Waals surface area contributed by atoms with Crippen molar-refractivity contribution in [2.24, 2.45) is 0 Å². The summed E-state index contributed by atoms with van der Waals surface area (Å²) in [7, 11) is -2.11. The molecule has 2 fully saturated rings. The van der Waals surface area contributed by atoms with Crippen LogP contribution in [0.25, 0.3) is 0 Å². The van der Waals surface area contributed by atoms with Crippen LogP contribution in [0.2, 0.25) is 5.02 Å². The van der Waals surface area contributed by atoms with Gasteiger partial charge in [0.2, 0.25) is 10.0 Å². The summed E-state index contributed by atoms with van der Waals surface area (Å²) in [4.78, 5) is 0.122. The van der Waals surface area contributed by atoms with Gasteiger partial charge in [-0.1, -0.05) is 11.6 Å². The van der Waals surface area contributed by atoms with Gasteiger partial charge in [0.25, 0.3) is 0 Å². The molecule has 3 rings (SSSR count). The van der Waals surface area contributed by atoms with E-state index in [0.717, 1.165) is 31.2 Å². The molecule has 0 heterocycles. The van der Waals surface area contributed by atoms with Crippen LogP contribution in [0.5, 0.6) is 5.75 Å². The molecule has 0 unspecified atom stereocenters. The minimum atomic E-state index is -3.59. The second-order valence-corrected chi connectivity index (χ2v) is 7.77. The molecule has 0 bridgehead atoms. The highest BCUT2D eigenvalue weighted by Crippen LogP contribution is 2.34. The molecule has 7 heteroatoms. The van der Waals surface area contributed by atoms with Crippen molar-refractivity contribution in [1.29, 1.82) is 0 Å². The first-order chi connectivity index (χ1) is 9.99. The molecular weight excluding hydrogens is 312 g/mol. The van der Waals surface area contributed by atoms with Gasteiger partial charge >= 0.3 is 0 Å². The quantitative estimate of drug-likeness (QED) is 0.803. The first-order valence-electron chi connectivity index (χ1n) is 7.12. The van der Waals surface area contributed by atoms with Crippen LogP contribution in [0.3, 0.4) is 0 Å². The van der Waals surface area contributed by atoms with Crippen molar-refractivity contribution in [1.82, 2.24) is 10.0 Å². The summed E-state index contributed by atoms with van der Waals surface area (Å²) in [5, 5.41) is 3.76. The maximum atomic E-state index is 12.4. The highest BCUT2D eigenvalue weighted by Gasteiger charge is 2.31. The summed E-state index contributed by atoms with van der Waals surface area (Å²) in [5.41, 5.74) is 0.771. The van der Waals surface area contributed by atoms with E-state index in [2.05, 4.69) is 10.0 Å². The molecule has 5 nitrogen and oxygen atoms in total. The van der Waals surface area contributed by atoms with E-state index in [0.29, 0.717) is 23.4 Å². The van der Waals surface area contributed by atoms with Crippen molar-refractivity contribution in [3.63, 3.8) is 0 Å². The topological polar surface area (TPSA) is 67.4 Å². The van der Waals surface area contributed by atoms with Crippen LogP contribution in [-0.2, 0) is 16.6 Å². The second kappa shape index (κ2) is 5.76. The van der Waals surface area contributed by atoms with E-state index in [-0.39, 0.29) is 10.9 Å². The minimum absolute atomic E-state index is 0.0479. The molecule has 21 heavy (non-hydrogen) atoms. The number of hydrogen-bond acceptors (Lipinski definition) is 4. The van der Waals surface area contributed by atoms with Crippen molar-refractivity contribution in [2.75, 3.05) is 7.11 Å². The Labute approximate surface area is 130 Å². The third kappa shape index (κ3) is 3.69. The molecule has 2 saturated carbocycles. The Hall–Kier alpha value is -0.820. The second-order valence-electron chi connectivity index (χ2n) is 5.65. The average molecular weight is 331 g/mol. The molecule has 0 aromatic heterocycles. The Morgan fingerprint density at radius 3 is 2.48 bits per heavy atom. The van der Waals surface area contributed by atoms with Crippen molar-refractivity contribution in [2.45, 2.75) is 49.2 Å². The monoisotopic (exact) mass is 330 g/mol. The van der Waals surface area contributed by atoms with Gasteiger partial charge in [-0.2, -0.15) is 0 Å². The van der Waals surface area contributed by atoms with E-state index in [1.165, 1.54) is 13.2 Å². The van der Waals surface area contributed by atoms with Gasteiger partial charge in [-0.05, 0) is 37.8 Å². The van der Waals surface area contributed by atoms with Gasteiger partial charge in [-0.25, -0.2) is 13.1 Å². The van der Waals surface area contributed by atoms with Gasteiger partial charge in [-0.15, -0.1) is 0 Å². The van der Waals surface area contributed by atoms with Crippen LogP contribution in [0.4, 0.5) is 0 Å². The van der Waals surface area contributed by atoms with Crippen LogP contribution < -0.4 is 14.8 Å². The summed E-state index contributed by atoms with van der Waals surface area (Å²) in [5.74, 6) is 0.376. The zero-order chi connectivity index (χ0) is 15.0. The first-order valence-corrected chi connectivity index (χ1v) is 8.98. The number of rotatable bonds is 7. The summed E-state index contributed by atoms with van der Waals surface area (Å²) >= 11 is 6.09. The molecule has 0 atom stereocenters. The third-order valence-corrected chi connectivity index (χ3v) is 5.39. The summed E-state index contributed by atoms with van der Waals surface area (Å²) in [6, 6.07) is 3.78. The molecule has 0 aliphatic heterocycles. The Morgan fingerprint density at radius 1 is 1.24 bits per heavy atom.